The Morgan fingerprint density at radius 2 is 1.85 bits per heavy atom. The highest BCUT2D eigenvalue weighted by Gasteiger charge is 2.45. The van der Waals surface area contributed by atoms with Gasteiger partial charge in [-0.05, 0) is 42.0 Å². The molecule has 0 heterocycles. The monoisotopic (exact) mass is 296 g/mol. The maximum absolute atomic E-state index is 12.2. The lowest BCUT2D eigenvalue weighted by molar-refractivity contribution is 0.537. The summed E-state index contributed by atoms with van der Waals surface area (Å²) in [6, 6.07) is 7.07. The molecule has 1 fully saturated rings. The molecule has 1 unspecified atom stereocenters. The third kappa shape index (κ3) is 3.81. The Balaban J connectivity index is 1.95. The second-order valence-electron chi connectivity index (χ2n) is 6.17. The zero-order valence-corrected chi connectivity index (χ0v) is 13.3. The van der Waals surface area contributed by atoms with Crippen molar-refractivity contribution < 1.29 is 8.42 Å². The lowest BCUT2D eigenvalue weighted by atomic mass is 10.1. The quantitative estimate of drug-likeness (QED) is 0.810. The van der Waals surface area contributed by atoms with Crippen LogP contribution in [0.2, 0.25) is 0 Å². The molecular formula is C15H24N2O2S. The second-order valence-corrected chi connectivity index (χ2v) is 7.93. The van der Waals surface area contributed by atoms with Crippen LogP contribution in [-0.4, -0.2) is 21.5 Å². The molecule has 0 saturated heterocycles. The molecule has 1 aliphatic carbocycles. The van der Waals surface area contributed by atoms with Crippen molar-refractivity contribution in [1.82, 2.24) is 10.0 Å². The molecule has 1 atom stereocenters. The van der Waals surface area contributed by atoms with Crippen LogP contribution in [0, 0.1) is 11.3 Å². The van der Waals surface area contributed by atoms with Gasteiger partial charge in [-0.2, -0.15) is 0 Å². The molecule has 1 aromatic rings. The van der Waals surface area contributed by atoms with Gasteiger partial charge in [-0.1, -0.05) is 32.9 Å². The first-order chi connectivity index (χ1) is 9.35. The van der Waals surface area contributed by atoms with Crippen molar-refractivity contribution in [2.75, 3.05) is 13.1 Å². The van der Waals surface area contributed by atoms with Gasteiger partial charge in [-0.3, -0.25) is 0 Å². The molecule has 20 heavy (non-hydrogen) atoms. The molecule has 1 aliphatic rings. The summed E-state index contributed by atoms with van der Waals surface area (Å²) >= 11 is 0. The number of hydrogen-bond acceptors (Lipinski definition) is 3. The minimum absolute atomic E-state index is 0.290. The van der Waals surface area contributed by atoms with E-state index in [1.807, 2.05) is 19.1 Å². The van der Waals surface area contributed by atoms with Crippen molar-refractivity contribution in [1.29, 1.82) is 0 Å². The number of benzene rings is 1. The van der Waals surface area contributed by atoms with Crippen LogP contribution in [0.15, 0.2) is 29.2 Å². The highest BCUT2D eigenvalue weighted by Crippen LogP contribution is 2.51. The molecule has 0 bridgehead atoms. The van der Waals surface area contributed by atoms with Crippen LogP contribution in [0.4, 0.5) is 0 Å². The predicted molar refractivity (Wildman–Crippen MR) is 80.9 cm³/mol. The van der Waals surface area contributed by atoms with E-state index in [0.29, 0.717) is 17.4 Å². The van der Waals surface area contributed by atoms with Gasteiger partial charge >= 0.3 is 0 Å². The Bertz CT molecular complexity index is 550. The van der Waals surface area contributed by atoms with E-state index in [4.69, 9.17) is 0 Å². The van der Waals surface area contributed by atoms with E-state index in [1.165, 1.54) is 0 Å². The maximum atomic E-state index is 12.2. The fraction of sp³-hybridized carbons (Fsp3) is 0.600. The summed E-state index contributed by atoms with van der Waals surface area (Å²) < 4.78 is 27.1. The Hall–Kier alpha value is -0.910. The van der Waals surface area contributed by atoms with Gasteiger partial charge in [0.2, 0.25) is 10.0 Å². The smallest absolute Gasteiger partial charge is 0.240 e. The van der Waals surface area contributed by atoms with Crippen molar-refractivity contribution in [2.45, 2.75) is 38.6 Å². The topological polar surface area (TPSA) is 58.2 Å². The molecule has 2 rings (SSSR count). The average Bonchev–Trinajstić information content (AvgIpc) is 3.02. The van der Waals surface area contributed by atoms with Gasteiger partial charge in [0.1, 0.15) is 0 Å². The highest BCUT2D eigenvalue weighted by atomic mass is 32.2. The first kappa shape index (κ1) is 15.5. The summed E-state index contributed by atoms with van der Waals surface area (Å²) in [4.78, 5) is 0.344. The Morgan fingerprint density at radius 3 is 2.35 bits per heavy atom. The normalized spacial score (nSPS) is 20.9. The summed E-state index contributed by atoms with van der Waals surface area (Å²) in [6.45, 7) is 8.58. The Morgan fingerprint density at radius 1 is 1.25 bits per heavy atom. The zero-order valence-electron chi connectivity index (χ0n) is 12.4. The first-order valence-electron chi connectivity index (χ1n) is 7.14. The standard InChI is InChI=1S/C15H24N2O2S/c1-4-16-10-12-5-7-14(8-6-12)20(18,19)17-11-13-9-15(13,2)3/h5-8,13,16-17H,4,9-11H2,1-3H3. The van der Waals surface area contributed by atoms with Gasteiger partial charge < -0.3 is 5.32 Å². The zero-order chi connectivity index (χ0) is 14.8. The number of hydrogen-bond donors (Lipinski definition) is 2. The van der Waals surface area contributed by atoms with Gasteiger partial charge in [0.25, 0.3) is 0 Å². The molecule has 1 aromatic carbocycles. The molecule has 0 aromatic heterocycles. The summed E-state index contributed by atoms with van der Waals surface area (Å²) in [6.07, 6.45) is 1.09. The number of nitrogens with one attached hydrogen (secondary N) is 2. The average molecular weight is 296 g/mol. The lowest BCUT2D eigenvalue weighted by Gasteiger charge is -2.09. The van der Waals surface area contributed by atoms with Gasteiger partial charge in [0.15, 0.2) is 0 Å². The van der Waals surface area contributed by atoms with E-state index in [2.05, 4.69) is 23.9 Å². The summed E-state index contributed by atoms with van der Waals surface area (Å²) in [5.41, 5.74) is 1.38. The Labute approximate surface area is 122 Å². The van der Waals surface area contributed by atoms with Crippen LogP contribution in [-0.2, 0) is 16.6 Å². The Kier molecular flexibility index (Phi) is 4.52. The molecule has 0 aliphatic heterocycles. The van der Waals surface area contributed by atoms with E-state index in [-0.39, 0.29) is 5.41 Å². The van der Waals surface area contributed by atoms with Crippen molar-refractivity contribution >= 4 is 10.0 Å². The van der Waals surface area contributed by atoms with E-state index in [1.54, 1.807) is 12.1 Å². The van der Waals surface area contributed by atoms with Crippen molar-refractivity contribution in [3.8, 4) is 0 Å². The summed E-state index contributed by atoms with van der Waals surface area (Å²) in [5, 5.41) is 3.22. The van der Waals surface area contributed by atoms with Crippen LogP contribution in [0.25, 0.3) is 0 Å². The van der Waals surface area contributed by atoms with Crippen LogP contribution in [0.1, 0.15) is 32.8 Å². The highest BCUT2D eigenvalue weighted by molar-refractivity contribution is 7.89. The van der Waals surface area contributed by atoms with E-state index in [0.717, 1.165) is 25.1 Å². The van der Waals surface area contributed by atoms with Gasteiger partial charge in [0, 0.05) is 13.1 Å². The molecule has 0 radical (unpaired) electrons. The van der Waals surface area contributed by atoms with E-state index >= 15 is 0 Å². The minimum Gasteiger partial charge on any atom is -0.313 e. The van der Waals surface area contributed by atoms with Crippen LogP contribution in [0.3, 0.4) is 0 Å². The molecular weight excluding hydrogens is 272 g/mol. The van der Waals surface area contributed by atoms with Gasteiger partial charge in [0.05, 0.1) is 4.90 Å². The van der Waals surface area contributed by atoms with Crippen molar-refractivity contribution in [3.05, 3.63) is 29.8 Å². The molecule has 1 saturated carbocycles. The molecule has 2 N–H and O–H groups in total. The molecule has 0 amide bonds. The SMILES string of the molecule is CCNCc1ccc(S(=O)(=O)NCC2CC2(C)C)cc1. The third-order valence-electron chi connectivity index (χ3n) is 4.05. The van der Waals surface area contributed by atoms with Gasteiger partial charge in [-0.25, -0.2) is 13.1 Å². The molecule has 5 heteroatoms. The molecule has 112 valence electrons. The largest absolute Gasteiger partial charge is 0.313 e. The van der Waals surface area contributed by atoms with Gasteiger partial charge in [-0.15, -0.1) is 0 Å². The summed E-state index contributed by atoms with van der Waals surface area (Å²) in [5.74, 6) is 0.463. The first-order valence-corrected chi connectivity index (χ1v) is 8.63. The van der Waals surface area contributed by atoms with E-state index in [9.17, 15) is 8.42 Å². The van der Waals surface area contributed by atoms with Crippen LogP contribution >= 0.6 is 0 Å². The maximum Gasteiger partial charge on any atom is 0.240 e. The fourth-order valence-electron chi connectivity index (χ4n) is 2.27. The molecule has 0 spiro atoms. The third-order valence-corrected chi connectivity index (χ3v) is 5.49. The van der Waals surface area contributed by atoms with Crippen LogP contribution < -0.4 is 10.0 Å². The van der Waals surface area contributed by atoms with Crippen molar-refractivity contribution in [3.63, 3.8) is 0 Å². The summed E-state index contributed by atoms with van der Waals surface area (Å²) in [7, 11) is -3.37. The molecule has 4 nitrogen and oxygen atoms in total. The van der Waals surface area contributed by atoms with E-state index < -0.39 is 10.0 Å². The second kappa shape index (κ2) is 5.84. The lowest BCUT2D eigenvalue weighted by Crippen LogP contribution is -2.26. The number of rotatable bonds is 7. The fourth-order valence-corrected chi connectivity index (χ4v) is 3.36. The predicted octanol–water partition coefficient (Wildman–Crippen LogP) is 2.12. The number of sulfonamides is 1. The van der Waals surface area contributed by atoms with Crippen LogP contribution in [0.5, 0.6) is 0 Å². The van der Waals surface area contributed by atoms with Crippen molar-refractivity contribution in [2.24, 2.45) is 11.3 Å². The minimum atomic E-state index is -3.37.